The van der Waals surface area contributed by atoms with Gasteiger partial charge in [0.15, 0.2) is 0 Å². The van der Waals surface area contributed by atoms with Gasteiger partial charge in [0, 0.05) is 5.69 Å². The molecule has 0 unspecified atom stereocenters. The molecule has 20 heavy (non-hydrogen) atoms. The number of hydrogen-bond acceptors (Lipinski definition) is 5. The average molecular weight is 277 g/mol. The van der Waals surface area contributed by atoms with Crippen LogP contribution in [-0.4, -0.2) is 41.0 Å². The van der Waals surface area contributed by atoms with Gasteiger partial charge in [-0.3, -0.25) is 14.9 Å². The van der Waals surface area contributed by atoms with Crippen molar-refractivity contribution in [3.8, 4) is 0 Å². The highest BCUT2D eigenvalue weighted by Crippen LogP contribution is 2.17. The van der Waals surface area contributed by atoms with E-state index in [9.17, 15) is 14.4 Å². The Hall–Kier alpha value is -2.44. The maximum absolute atomic E-state index is 11.4. The molecular weight excluding hydrogens is 262 g/mol. The third kappa shape index (κ3) is 3.11. The van der Waals surface area contributed by atoms with E-state index in [4.69, 9.17) is 5.11 Å². The molecule has 2 rings (SSSR count). The summed E-state index contributed by atoms with van der Waals surface area (Å²) in [7, 11) is 0. The topological polar surface area (TPSA) is 99.6 Å². The second kappa shape index (κ2) is 5.68. The molecule has 0 atom stereocenters. The molecular formula is C13H15N3O4. The zero-order valence-electron chi connectivity index (χ0n) is 11.0. The molecule has 0 aromatic carbocycles. The lowest BCUT2D eigenvalue weighted by molar-refractivity contribution is -0.130. The number of aryl methyl sites for hydroxylation is 1. The van der Waals surface area contributed by atoms with E-state index < -0.39 is 17.8 Å². The SMILES string of the molecule is CCCc1cc(C(=O)O)cc(N2CC(=O)NC(=O)C2)n1. The van der Waals surface area contributed by atoms with E-state index >= 15 is 0 Å². The number of amides is 2. The van der Waals surface area contributed by atoms with Gasteiger partial charge in [0.05, 0.1) is 18.7 Å². The number of nitrogens with one attached hydrogen (secondary N) is 1. The minimum absolute atomic E-state index is 0.00657. The number of aromatic nitrogens is 1. The number of carboxylic acids is 1. The second-order valence-corrected chi connectivity index (χ2v) is 4.59. The van der Waals surface area contributed by atoms with Crippen molar-refractivity contribution in [1.82, 2.24) is 10.3 Å². The first kappa shape index (κ1) is 14.0. The largest absolute Gasteiger partial charge is 0.478 e. The first-order valence-corrected chi connectivity index (χ1v) is 6.31. The lowest BCUT2D eigenvalue weighted by atomic mass is 10.1. The number of nitrogens with zero attached hydrogens (tertiary/aromatic N) is 2. The fourth-order valence-electron chi connectivity index (χ4n) is 2.04. The van der Waals surface area contributed by atoms with Crippen LogP contribution < -0.4 is 10.2 Å². The van der Waals surface area contributed by atoms with Crippen molar-refractivity contribution >= 4 is 23.6 Å². The van der Waals surface area contributed by atoms with Crippen molar-refractivity contribution in [3.63, 3.8) is 0 Å². The Morgan fingerprint density at radius 3 is 2.55 bits per heavy atom. The summed E-state index contributed by atoms with van der Waals surface area (Å²) in [6, 6.07) is 2.90. The van der Waals surface area contributed by atoms with Gasteiger partial charge in [-0.25, -0.2) is 9.78 Å². The van der Waals surface area contributed by atoms with E-state index in [2.05, 4.69) is 10.3 Å². The Kier molecular flexibility index (Phi) is 3.97. The van der Waals surface area contributed by atoms with Crippen LogP contribution in [0.15, 0.2) is 12.1 Å². The summed E-state index contributed by atoms with van der Waals surface area (Å²) in [6.07, 6.45) is 1.47. The molecule has 1 aliphatic heterocycles. The van der Waals surface area contributed by atoms with Crippen LogP contribution in [0.25, 0.3) is 0 Å². The lowest BCUT2D eigenvalue weighted by Crippen LogP contribution is -2.51. The molecule has 2 amide bonds. The molecule has 0 radical (unpaired) electrons. The monoisotopic (exact) mass is 277 g/mol. The second-order valence-electron chi connectivity index (χ2n) is 4.59. The summed E-state index contributed by atoms with van der Waals surface area (Å²) in [5.41, 5.74) is 0.748. The van der Waals surface area contributed by atoms with E-state index in [1.807, 2.05) is 6.92 Å². The maximum Gasteiger partial charge on any atom is 0.335 e. The van der Waals surface area contributed by atoms with Crippen LogP contribution in [0.4, 0.5) is 5.82 Å². The van der Waals surface area contributed by atoms with Crippen LogP contribution in [0.3, 0.4) is 0 Å². The van der Waals surface area contributed by atoms with Gasteiger partial charge in [-0.1, -0.05) is 13.3 Å². The smallest absolute Gasteiger partial charge is 0.335 e. The van der Waals surface area contributed by atoms with Gasteiger partial charge < -0.3 is 10.0 Å². The molecule has 2 heterocycles. The van der Waals surface area contributed by atoms with E-state index in [-0.39, 0.29) is 18.7 Å². The summed E-state index contributed by atoms with van der Waals surface area (Å²) in [5.74, 6) is -1.54. The van der Waals surface area contributed by atoms with Crippen LogP contribution in [0.1, 0.15) is 29.4 Å². The summed E-state index contributed by atoms with van der Waals surface area (Å²) in [4.78, 5) is 39.7. The van der Waals surface area contributed by atoms with Crippen molar-refractivity contribution in [2.45, 2.75) is 19.8 Å². The third-order valence-corrected chi connectivity index (χ3v) is 2.89. The van der Waals surface area contributed by atoms with E-state index in [1.54, 1.807) is 0 Å². The Bertz CT molecular complexity index is 555. The molecule has 0 saturated carbocycles. The molecule has 7 nitrogen and oxygen atoms in total. The standard InChI is InChI=1S/C13H15N3O4/c1-2-3-9-4-8(13(19)20)5-10(14-9)16-6-11(17)15-12(18)7-16/h4-5H,2-3,6-7H2,1H3,(H,19,20)(H,15,17,18). The molecule has 1 aliphatic rings. The van der Waals surface area contributed by atoms with Gasteiger partial charge in [-0.2, -0.15) is 0 Å². The van der Waals surface area contributed by atoms with Crippen molar-refractivity contribution in [2.75, 3.05) is 18.0 Å². The number of aromatic carboxylic acids is 1. The summed E-state index contributed by atoms with van der Waals surface area (Å²) in [6.45, 7) is 1.95. The lowest BCUT2D eigenvalue weighted by Gasteiger charge is -2.26. The van der Waals surface area contributed by atoms with Crippen molar-refractivity contribution < 1.29 is 19.5 Å². The molecule has 7 heteroatoms. The Balaban J connectivity index is 2.36. The zero-order valence-corrected chi connectivity index (χ0v) is 11.0. The number of rotatable bonds is 4. The predicted molar refractivity (Wildman–Crippen MR) is 70.6 cm³/mol. The predicted octanol–water partition coefficient (Wildman–Crippen LogP) is 0.195. The van der Waals surface area contributed by atoms with Crippen LogP contribution in [0.2, 0.25) is 0 Å². The number of carbonyl (C=O) groups is 3. The molecule has 1 fully saturated rings. The van der Waals surface area contributed by atoms with Crippen molar-refractivity contribution in [3.05, 3.63) is 23.4 Å². The first-order chi connectivity index (χ1) is 9.49. The van der Waals surface area contributed by atoms with Crippen molar-refractivity contribution in [1.29, 1.82) is 0 Å². The number of hydrogen-bond donors (Lipinski definition) is 2. The van der Waals surface area contributed by atoms with Gasteiger partial charge in [0.2, 0.25) is 11.8 Å². The van der Waals surface area contributed by atoms with Crippen LogP contribution in [-0.2, 0) is 16.0 Å². The quantitative estimate of drug-likeness (QED) is 0.762. The van der Waals surface area contributed by atoms with Gasteiger partial charge in [0.25, 0.3) is 0 Å². The zero-order chi connectivity index (χ0) is 14.7. The van der Waals surface area contributed by atoms with E-state index in [0.29, 0.717) is 17.9 Å². The number of carboxylic acid groups (broad SMARTS) is 1. The molecule has 1 aromatic heterocycles. The molecule has 2 N–H and O–H groups in total. The average Bonchev–Trinajstić information content (AvgIpc) is 2.37. The summed E-state index contributed by atoms with van der Waals surface area (Å²) >= 11 is 0. The highest BCUT2D eigenvalue weighted by molar-refractivity contribution is 6.02. The molecule has 1 aromatic rings. The number of anilines is 1. The number of pyridine rings is 1. The molecule has 0 bridgehead atoms. The fraction of sp³-hybridized carbons (Fsp3) is 0.385. The molecule has 0 spiro atoms. The highest BCUT2D eigenvalue weighted by atomic mass is 16.4. The van der Waals surface area contributed by atoms with E-state index in [1.165, 1.54) is 17.0 Å². The molecule has 106 valence electrons. The number of imide groups is 1. The maximum atomic E-state index is 11.4. The van der Waals surface area contributed by atoms with Gasteiger partial charge in [0.1, 0.15) is 5.82 Å². The Morgan fingerprint density at radius 2 is 2.00 bits per heavy atom. The molecule has 0 aliphatic carbocycles. The van der Waals surface area contributed by atoms with Crippen molar-refractivity contribution in [2.24, 2.45) is 0 Å². The van der Waals surface area contributed by atoms with Gasteiger partial charge in [-0.05, 0) is 18.6 Å². The Morgan fingerprint density at radius 1 is 1.35 bits per heavy atom. The highest BCUT2D eigenvalue weighted by Gasteiger charge is 2.24. The Labute approximate surface area is 115 Å². The van der Waals surface area contributed by atoms with Gasteiger partial charge in [-0.15, -0.1) is 0 Å². The fourth-order valence-corrected chi connectivity index (χ4v) is 2.04. The van der Waals surface area contributed by atoms with E-state index in [0.717, 1.165) is 6.42 Å². The third-order valence-electron chi connectivity index (χ3n) is 2.89. The summed E-state index contributed by atoms with van der Waals surface area (Å²) < 4.78 is 0. The van der Waals surface area contributed by atoms with Crippen LogP contribution >= 0.6 is 0 Å². The van der Waals surface area contributed by atoms with Crippen LogP contribution in [0.5, 0.6) is 0 Å². The normalized spacial score (nSPS) is 15.2. The molecule has 1 saturated heterocycles. The van der Waals surface area contributed by atoms with Crippen LogP contribution in [0, 0.1) is 0 Å². The minimum atomic E-state index is -1.06. The number of piperazine rings is 1. The number of carbonyl (C=O) groups excluding carboxylic acids is 2. The first-order valence-electron chi connectivity index (χ1n) is 6.31. The minimum Gasteiger partial charge on any atom is -0.478 e. The van der Waals surface area contributed by atoms with Gasteiger partial charge >= 0.3 is 5.97 Å². The summed E-state index contributed by atoms with van der Waals surface area (Å²) in [5, 5.41) is 11.3.